The van der Waals surface area contributed by atoms with E-state index in [0.29, 0.717) is 30.3 Å². The Morgan fingerprint density at radius 2 is 1.73 bits per heavy atom. The van der Waals surface area contributed by atoms with E-state index in [1.165, 1.54) is 0 Å². The van der Waals surface area contributed by atoms with E-state index in [2.05, 4.69) is 0 Å². The highest BCUT2D eigenvalue weighted by Gasteiger charge is 2.14. The van der Waals surface area contributed by atoms with Crippen LogP contribution in [0.1, 0.15) is 16.7 Å². The van der Waals surface area contributed by atoms with Gasteiger partial charge in [-0.05, 0) is 36.3 Å². The van der Waals surface area contributed by atoms with Crippen molar-refractivity contribution in [2.75, 3.05) is 13.2 Å². The lowest BCUT2D eigenvalue weighted by Crippen LogP contribution is -2.15. The molecular formula is C18H16O4. The second-order valence-electron chi connectivity index (χ2n) is 5.13. The molecule has 0 radical (unpaired) electrons. The van der Waals surface area contributed by atoms with Gasteiger partial charge in [0.05, 0.1) is 5.57 Å². The first-order chi connectivity index (χ1) is 10.6. The van der Waals surface area contributed by atoms with Gasteiger partial charge >= 0.3 is 5.97 Å². The number of hydrogen-bond donors (Lipinski definition) is 1. The predicted molar refractivity (Wildman–Crippen MR) is 84.1 cm³/mol. The summed E-state index contributed by atoms with van der Waals surface area (Å²) >= 11 is 0. The Labute approximate surface area is 128 Å². The normalized spacial score (nSPS) is 13.8. The van der Waals surface area contributed by atoms with E-state index in [4.69, 9.17) is 9.47 Å². The van der Waals surface area contributed by atoms with Crippen LogP contribution in [0, 0.1) is 6.92 Å². The molecule has 1 heterocycles. The quantitative estimate of drug-likeness (QED) is 0.697. The summed E-state index contributed by atoms with van der Waals surface area (Å²) in [5, 5.41) is 9.47. The maximum atomic E-state index is 11.6. The molecule has 3 rings (SSSR count). The Kier molecular flexibility index (Phi) is 3.83. The number of carboxylic acids is 1. The maximum absolute atomic E-state index is 11.6. The fraction of sp³-hybridized carbons (Fsp3) is 0.167. The van der Waals surface area contributed by atoms with Gasteiger partial charge in [-0.3, -0.25) is 0 Å². The van der Waals surface area contributed by atoms with Gasteiger partial charge in [-0.1, -0.05) is 35.9 Å². The molecule has 0 bridgehead atoms. The monoisotopic (exact) mass is 296 g/mol. The Hall–Kier alpha value is -2.75. The van der Waals surface area contributed by atoms with Crippen LogP contribution in [0.15, 0.2) is 42.5 Å². The molecule has 112 valence electrons. The number of fused-ring (bicyclic) bond motifs is 1. The van der Waals surface area contributed by atoms with Gasteiger partial charge in [-0.2, -0.15) is 0 Å². The van der Waals surface area contributed by atoms with Crippen LogP contribution in [-0.2, 0) is 4.79 Å². The lowest BCUT2D eigenvalue weighted by molar-refractivity contribution is -0.130. The van der Waals surface area contributed by atoms with Crippen LogP contribution >= 0.6 is 0 Å². The van der Waals surface area contributed by atoms with E-state index in [0.717, 1.165) is 11.1 Å². The van der Waals surface area contributed by atoms with Gasteiger partial charge in [0.2, 0.25) is 0 Å². The standard InChI is InChI=1S/C18H16O4/c1-12-2-5-14(6-3-12)15(18(19)20)10-13-4-7-16-17(11-13)22-9-8-21-16/h2-7,10-11H,8-9H2,1H3,(H,19,20)/b15-10+. The van der Waals surface area contributed by atoms with Crippen LogP contribution in [0.3, 0.4) is 0 Å². The van der Waals surface area contributed by atoms with Gasteiger partial charge < -0.3 is 14.6 Å². The lowest BCUT2D eigenvalue weighted by Gasteiger charge is -2.18. The molecule has 1 aliphatic rings. The SMILES string of the molecule is Cc1ccc(/C(=C\c2ccc3c(c2)OCCO3)C(=O)O)cc1. The third-order valence-corrected chi connectivity index (χ3v) is 3.47. The Bertz CT molecular complexity index is 729. The van der Waals surface area contributed by atoms with E-state index < -0.39 is 5.97 Å². The van der Waals surface area contributed by atoms with Crippen molar-refractivity contribution < 1.29 is 19.4 Å². The molecule has 4 nitrogen and oxygen atoms in total. The molecule has 0 spiro atoms. The van der Waals surface area contributed by atoms with E-state index >= 15 is 0 Å². The number of hydrogen-bond acceptors (Lipinski definition) is 3. The summed E-state index contributed by atoms with van der Waals surface area (Å²) in [5.41, 5.74) is 2.78. The minimum atomic E-state index is -0.959. The van der Waals surface area contributed by atoms with Gasteiger partial charge in [0, 0.05) is 0 Å². The highest BCUT2D eigenvalue weighted by Crippen LogP contribution is 2.32. The smallest absolute Gasteiger partial charge is 0.336 e. The fourth-order valence-corrected chi connectivity index (χ4v) is 2.32. The number of benzene rings is 2. The number of carboxylic acid groups (broad SMARTS) is 1. The molecule has 2 aromatic carbocycles. The number of aryl methyl sites for hydroxylation is 1. The molecular weight excluding hydrogens is 280 g/mol. The first kappa shape index (κ1) is 14.2. The van der Waals surface area contributed by atoms with Crippen LogP contribution in [0.5, 0.6) is 11.5 Å². The number of rotatable bonds is 3. The van der Waals surface area contributed by atoms with Gasteiger partial charge in [-0.25, -0.2) is 4.79 Å². The average molecular weight is 296 g/mol. The summed E-state index contributed by atoms with van der Waals surface area (Å²) in [6.07, 6.45) is 1.64. The lowest BCUT2D eigenvalue weighted by atomic mass is 10.0. The van der Waals surface area contributed by atoms with Crippen molar-refractivity contribution in [2.24, 2.45) is 0 Å². The largest absolute Gasteiger partial charge is 0.486 e. The van der Waals surface area contributed by atoms with E-state index in [1.54, 1.807) is 18.2 Å². The van der Waals surface area contributed by atoms with Crippen molar-refractivity contribution in [1.29, 1.82) is 0 Å². The second kappa shape index (κ2) is 5.93. The molecule has 0 fully saturated rings. The molecule has 0 unspecified atom stereocenters. The maximum Gasteiger partial charge on any atom is 0.336 e. The summed E-state index contributed by atoms with van der Waals surface area (Å²) in [5.74, 6) is 0.378. The predicted octanol–water partition coefficient (Wildman–Crippen LogP) is 3.39. The summed E-state index contributed by atoms with van der Waals surface area (Å²) < 4.78 is 11.0. The van der Waals surface area contributed by atoms with E-state index in [-0.39, 0.29) is 5.57 Å². The first-order valence-electron chi connectivity index (χ1n) is 7.05. The van der Waals surface area contributed by atoms with Crippen LogP contribution in [-0.4, -0.2) is 24.3 Å². The number of aliphatic carboxylic acids is 1. The minimum Gasteiger partial charge on any atom is -0.486 e. The van der Waals surface area contributed by atoms with Crippen molar-refractivity contribution >= 4 is 17.6 Å². The van der Waals surface area contributed by atoms with Gasteiger partial charge in [0.1, 0.15) is 13.2 Å². The van der Waals surface area contributed by atoms with Gasteiger partial charge in [0.15, 0.2) is 11.5 Å². The van der Waals surface area contributed by atoms with Crippen LogP contribution in [0.25, 0.3) is 11.6 Å². The van der Waals surface area contributed by atoms with Gasteiger partial charge in [-0.15, -0.1) is 0 Å². The number of ether oxygens (including phenoxy) is 2. The highest BCUT2D eigenvalue weighted by atomic mass is 16.6. The zero-order valence-corrected chi connectivity index (χ0v) is 12.2. The molecule has 4 heteroatoms. The van der Waals surface area contributed by atoms with E-state index in [9.17, 15) is 9.90 Å². The molecule has 0 amide bonds. The molecule has 22 heavy (non-hydrogen) atoms. The van der Waals surface area contributed by atoms with Crippen LogP contribution < -0.4 is 9.47 Å². The van der Waals surface area contributed by atoms with Crippen molar-refractivity contribution in [3.05, 3.63) is 59.2 Å². The Morgan fingerprint density at radius 1 is 1.05 bits per heavy atom. The van der Waals surface area contributed by atoms with Crippen LogP contribution in [0.4, 0.5) is 0 Å². The molecule has 2 aromatic rings. The van der Waals surface area contributed by atoms with Crippen molar-refractivity contribution in [1.82, 2.24) is 0 Å². The van der Waals surface area contributed by atoms with Crippen molar-refractivity contribution in [3.8, 4) is 11.5 Å². The molecule has 1 N–H and O–H groups in total. The Morgan fingerprint density at radius 3 is 2.41 bits per heavy atom. The average Bonchev–Trinajstić information content (AvgIpc) is 2.53. The molecule has 0 aliphatic carbocycles. The minimum absolute atomic E-state index is 0.247. The van der Waals surface area contributed by atoms with Crippen LogP contribution in [0.2, 0.25) is 0 Å². The number of carbonyl (C=O) groups is 1. The highest BCUT2D eigenvalue weighted by molar-refractivity contribution is 6.20. The third kappa shape index (κ3) is 2.96. The third-order valence-electron chi connectivity index (χ3n) is 3.47. The summed E-state index contributed by atoms with van der Waals surface area (Å²) in [4.78, 5) is 11.6. The fourth-order valence-electron chi connectivity index (χ4n) is 2.32. The molecule has 0 aromatic heterocycles. The van der Waals surface area contributed by atoms with Crippen molar-refractivity contribution in [2.45, 2.75) is 6.92 Å². The first-order valence-corrected chi connectivity index (χ1v) is 7.05. The zero-order chi connectivity index (χ0) is 15.5. The van der Waals surface area contributed by atoms with Gasteiger partial charge in [0.25, 0.3) is 0 Å². The Balaban J connectivity index is 1.99. The summed E-state index contributed by atoms with van der Waals surface area (Å²) in [6, 6.07) is 12.8. The summed E-state index contributed by atoms with van der Waals surface area (Å²) in [6.45, 7) is 3.00. The van der Waals surface area contributed by atoms with Crippen molar-refractivity contribution in [3.63, 3.8) is 0 Å². The molecule has 1 aliphatic heterocycles. The zero-order valence-electron chi connectivity index (χ0n) is 12.2. The molecule has 0 saturated heterocycles. The summed E-state index contributed by atoms with van der Waals surface area (Å²) in [7, 11) is 0. The topological polar surface area (TPSA) is 55.8 Å². The second-order valence-corrected chi connectivity index (χ2v) is 5.13. The molecule has 0 atom stereocenters. The molecule has 0 saturated carbocycles. The van der Waals surface area contributed by atoms with E-state index in [1.807, 2.05) is 37.3 Å².